The lowest BCUT2D eigenvalue weighted by atomic mass is 10.0. The van der Waals surface area contributed by atoms with Crippen LogP contribution in [0, 0.1) is 5.92 Å². The summed E-state index contributed by atoms with van der Waals surface area (Å²) in [6.45, 7) is 3.93. The van der Waals surface area contributed by atoms with Gasteiger partial charge < -0.3 is 0 Å². The Morgan fingerprint density at radius 3 is 2.83 bits per heavy atom. The molecule has 1 rings (SSSR count). The zero-order valence-electron chi connectivity index (χ0n) is 7.74. The fourth-order valence-electron chi connectivity index (χ4n) is 0.984. The summed E-state index contributed by atoms with van der Waals surface area (Å²) >= 11 is 0. The largest absolute Gasteiger partial charge is 0.292 e. The molecule has 66 valence electrons. The van der Waals surface area contributed by atoms with Crippen LogP contribution in [-0.2, 0) is 7.05 Å². The number of aryl methyl sites for hydroxylation is 1. The van der Waals surface area contributed by atoms with Gasteiger partial charge in [0.05, 0.1) is 0 Å². The molecule has 0 aliphatic heterocycles. The van der Waals surface area contributed by atoms with Gasteiger partial charge >= 0.3 is 0 Å². The van der Waals surface area contributed by atoms with Crippen molar-refractivity contribution in [1.29, 1.82) is 0 Å². The van der Waals surface area contributed by atoms with E-state index in [9.17, 15) is 4.79 Å². The molecule has 0 radical (unpaired) electrons. The number of aromatic nitrogens is 2. The molecule has 3 heteroatoms. The van der Waals surface area contributed by atoms with Gasteiger partial charge in [-0.2, -0.15) is 5.10 Å². The summed E-state index contributed by atoms with van der Waals surface area (Å²) in [7, 11) is 1.81. The first-order valence-corrected chi connectivity index (χ1v) is 4.19. The highest BCUT2D eigenvalue weighted by molar-refractivity contribution is 5.95. The number of rotatable bonds is 3. The highest BCUT2D eigenvalue weighted by atomic mass is 16.1. The highest BCUT2D eigenvalue weighted by Crippen LogP contribution is 2.08. The van der Waals surface area contributed by atoms with E-state index in [1.807, 2.05) is 20.9 Å². The van der Waals surface area contributed by atoms with Crippen molar-refractivity contribution in [3.05, 3.63) is 18.0 Å². The first-order chi connectivity index (χ1) is 5.65. The van der Waals surface area contributed by atoms with Crippen LogP contribution in [0.25, 0.3) is 0 Å². The molecule has 0 aliphatic rings. The quantitative estimate of drug-likeness (QED) is 0.640. The predicted molar refractivity (Wildman–Crippen MR) is 47.0 cm³/mol. The maximum absolute atomic E-state index is 11.5. The lowest BCUT2D eigenvalue weighted by Crippen LogP contribution is -2.11. The van der Waals surface area contributed by atoms with Crippen molar-refractivity contribution < 1.29 is 4.79 Å². The summed E-state index contributed by atoms with van der Waals surface area (Å²) < 4.78 is 1.65. The second kappa shape index (κ2) is 3.52. The first kappa shape index (κ1) is 8.97. The Balaban J connectivity index is 2.78. The molecular formula is C9H14N2O. The molecule has 0 fully saturated rings. The number of ketones is 1. The number of carbonyl (C=O) groups excluding carboxylic acids is 1. The summed E-state index contributed by atoms with van der Waals surface area (Å²) in [6, 6.07) is 1.76. The minimum atomic E-state index is 0.0832. The lowest BCUT2D eigenvalue weighted by molar-refractivity contribution is 0.0921. The van der Waals surface area contributed by atoms with E-state index in [0.717, 1.165) is 6.42 Å². The van der Waals surface area contributed by atoms with E-state index in [2.05, 4.69) is 5.10 Å². The number of carbonyl (C=O) groups is 1. The van der Waals surface area contributed by atoms with Crippen LogP contribution in [0.3, 0.4) is 0 Å². The minimum absolute atomic E-state index is 0.0832. The monoisotopic (exact) mass is 166 g/mol. The predicted octanol–water partition coefficient (Wildman–Crippen LogP) is 1.65. The molecule has 0 bridgehead atoms. The molecule has 3 nitrogen and oxygen atoms in total. The summed E-state index contributed by atoms with van der Waals surface area (Å²) in [6.07, 6.45) is 2.66. The Hall–Kier alpha value is -1.12. The maximum Gasteiger partial charge on any atom is 0.185 e. The van der Waals surface area contributed by atoms with E-state index >= 15 is 0 Å². The fourth-order valence-corrected chi connectivity index (χ4v) is 0.984. The Morgan fingerprint density at radius 2 is 2.42 bits per heavy atom. The van der Waals surface area contributed by atoms with Crippen molar-refractivity contribution >= 4 is 5.78 Å². The van der Waals surface area contributed by atoms with Crippen LogP contribution in [0.2, 0.25) is 0 Å². The molecule has 0 N–H and O–H groups in total. The van der Waals surface area contributed by atoms with Gasteiger partial charge in [0.2, 0.25) is 0 Å². The Bertz CT molecular complexity index is 278. The van der Waals surface area contributed by atoms with E-state index in [1.165, 1.54) is 0 Å². The molecule has 0 amide bonds. The van der Waals surface area contributed by atoms with Crippen LogP contribution in [0.15, 0.2) is 12.3 Å². The third-order valence-corrected chi connectivity index (χ3v) is 2.03. The van der Waals surface area contributed by atoms with E-state index in [-0.39, 0.29) is 11.7 Å². The average molecular weight is 166 g/mol. The molecule has 1 heterocycles. The summed E-state index contributed by atoms with van der Waals surface area (Å²) in [4.78, 5) is 11.5. The Labute approximate surface area is 72.4 Å². The lowest BCUT2D eigenvalue weighted by Gasteiger charge is -2.02. The van der Waals surface area contributed by atoms with Gasteiger partial charge in [-0.25, -0.2) is 0 Å². The fraction of sp³-hybridized carbons (Fsp3) is 0.556. The van der Waals surface area contributed by atoms with Crippen LogP contribution < -0.4 is 0 Å². The van der Waals surface area contributed by atoms with E-state index in [1.54, 1.807) is 16.9 Å². The van der Waals surface area contributed by atoms with Crippen molar-refractivity contribution in [1.82, 2.24) is 9.78 Å². The van der Waals surface area contributed by atoms with Crippen LogP contribution >= 0.6 is 0 Å². The van der Waals surface area contributed by atoms with Gasteiger partial charge in [-0.15, -0.1) is 0 Å². The maximum atomic E-state index is 11.5. The van der Waals surface area contributed by atoms with Crippen LogP contribution in [0.5, 0.6) is 0 Å². The average Bonchev–Trinajstić information content (AvgIpc) is 2.49. The van der Waals surface area contributed by atoms with Crippen molar-refractivity contribution in [2.45, 2.75) is 20.3 Å². The third kappa shape index (κ3) is 1.72. The molecule has 0 saturated heterocycles. The number of hydrogen-bond donors (Lipinski definition) is 0. The van der Waals surface area contributed by atoms with Crippen LogP contribution in [-0.4, -0.2) is 15.6 Å². The van der Waals surface area contributed by atoms with Gasteiger partial charge in [0, 0.05) is 19.2 Å². The first-order valence-electron chi connectivity index (χ1n) is 4.19. The van der Waals surface area contributed by atoms with Gasteiger partial charge in [0.25, 0.3) is 0 Å². The molecule has 0 aromatic carbocycles. The molecule has 1 aromatic heterocycles. The zero-order chi connectivity index (χ0) is 9.14. The summed E-state index contributed by atoms with van der Waals surface area (Å²) in [5.74, 6) is 0.220. The van der Waals surface area contributed by atoms with Gasteiger partial charge in [-0.3, -0.25) is 9.48 Å². The molecule has 0 spiro atoms. The molecule has 12 heavy (non-hydrogen) atoms. The standard InChI is InChI=1S/C9H14N2O/c1-4-7(2)9(12)8-5-6-11(3)10-8/h5-7H,4H2,1-3H3. The van der Waals surface area contributed by atoms with Crippen molar-refractivity contribution in [3.8, 4) is 0 Å². The summed E-state index contributed by atoms with van der Waals surface area (Å²) in [5.41, 5.74) is 0.576. The molecular weight excluding hydrogens is 152 g/mol. The number of Topliss-reactive ketones (excluding diaryl/α,β-unsaturated/α-hetero) is 1. The molecule has 0 saturated carbocycles. The Kier molecular flexibility index (Phi) is 2.63. The van der Waals surface area contributed by atoms with Crippen molar-refractivity contribution in [3.63, 3.8) is 0 Å². The highest BCUT2D eigenvalue weighted by Gasteiger charge is 2.14. The number of nitrogens with zero attached hydrogens (tertiary/aromatic N) is 2. The SMILES string of the molecule is CCC(C)C(=O)c1ccn(C)n1. The summed E-state index contributed by atoms with van der Waals surface area (Å²) in [5, 5.41) is 4.05. The van der Waals surface area contributed by atoms with Gasteiger partial charge in [-0.1, -0.05) is 13.8 Å². The van der Waals surface area contributed by atoms with Crippen molar-refractivity contribution in [2.24, 2.45) is 13.0 Å². The van der Waals surface area contributed by atoms with Crippen molar-refractivity contribution in [2.75, 3.05) is 0 Å². The topological polar surface area (TPSA) is 34.9 Å². The minimum Gasteiger partial charge on any atom is -0.292 e. The molecule has 1 atom stereocenters. The number of hydrogen-bond acceptors (Lipinski definition) is 2. The molecule has 1 aromatic rings. The van der Waals surface area contributed by atoms with Gasteiger partial charge in [0.1, 0.15) is 5.69 Å². The van der Waals surface area contributed by atoms with E-state index < -0.39 is 0 Å². The van der Waals surface area contributed by atoms with E-state index in [4.69, 9.17) is 0 Å². The zero-order valence-corrected chi connectivity index (χ0v) is 7.74. The normalized spacial score (nSPS) is 12.9. The van der Waals surface area contributed by atoms with E-state index in [0.29, 0.717) is 5.69 Å². The molecule has 1 unspecified atom stereocenters. The molecule has 0 aliphatic carbocycles. The third-order valence-electron chi connectivity index (χ3n) is 2.03. The van der Waals surface area contributed by atoms with Crippen LogP contribution in [0.4, 0.5) is 0 Å². The Morgan fingerprint density at radius 1 is 1.75 bits per heavy atom. The smallest absolute Gasteiger partial charge is 0.185 e. The second-order valence-corrected chi connectivity index (χ2v) is 3.05. The second-order valence-electron chi connectivity index (χ2n) is 3.05. The van der Waals surface area contributed by atoms with Gasteiger partial charge in [0.15, 0.2) is 5.78 Å². The van der Waals surface area contributed by atoms with Gasteiger partial charge in [-0.05, 0) is 12.5 Å². The van der Waals surface area contributed by atoms with Crippen LogP contribution in [0.1, 0.15) is 30.8 Å².